The summed E-state index contributed by atoms with van der Waals surface area (Å²) in [6, 6.07) is 8.55. The van der Waals surface area contributed by atoms with Crippen molar-refractivity contribution in [2.75, 3.05) is 18.9 Å². The maximum absolute atomic E-state index is 11.8. The van der Waals surface area contributed by atoms with Crippen molar-refractivity contribution in [1.82, 2.24) is 4.31 Å². The summed E-state index contributed by atoms with van der Waals surface area (Å²) in [6.45, 7) is 0.609. The van der Waals surface area contributed by atoms with Gasteiger partial charge in [0.2, 0.25) is 15.9 Å². The maximum Gasteiger partial charge on any atom is 0.323 e. The monoisotopic (exact) mass is 300 g/mol. The lowest BCUT2D eigenvalue weighted by molar-refractivity contribution is -0.136. The van der Waals surface area contributed by atoms with Gasteiger partial charge in [0.15, 0.2) is 5.25 Å². The fraction of sp³-hybridized carbons (Fsp3) is 0.333. The molecule has 0 aliphatic heterocycles. The van der Waals surface area contributed by atoms with Gasteiger partial charge in [0, 0.05) is 12.7 Å². The number of nitrogens with one attached hydrogen (secondary N) is 1. The molecule has 0 bridgehead atoms. The summed E-state index contributed by atoms with van der Waals surface area (Å²) >= 11 is 0. The number of carboxylic acids is 1. The molecule has 1 amide bonds. The van der Waals surface area contributed by atoms with Crippen molar-refractivity contribution in [1.29, 1.82) is 0 Å². The number of benzene rings is 1. The van der Waals surface area contributed by atoms with Gasteiger partial charge in [-0.25, -0.2) is 8.42 Å². The molecule has 1 aromatic rings. The third kappa shape index (κ3) is 4.04. The van der Waals surface area contributed by atoms with Crippen molar-refractivity contribution in [3.8, 4) is 0 Å². The van der Waals surface area contributed by atoms with Gasteiger partial charge in [-0.3, -0.25) is 9.59 Å². The number of para-hydroxylation sites is 1. The van der Waals surface area contributed by atoms with Crippen LogP contribution in [-0.4, -0.2) is 48.5 Å². The van der Waals surface area contributed by atoms with Crippen LogP contribution in [0.25, 0.3) is 0 Å². The molecule has 0 fully saturated rings. The molecule has 7 nitrogen and oxygen atoms in total. The second kappa shape index (κ2) is 6.49. The molecule has 0 aromatic heterocycles. The minimum Gasteiger partial charge on any atom is -0.480 e. The van der Waals surface area contributed by atoms with Crippen LogP contribution in [0.15, 0.2) is 30.3 Å². The lowest BCUT2D eigenvalue weighted by Crippen LogP contribution is -2.42. The van der Waals surface area contributed by atoms with Crippen LogP contribution in [-0.2, 0) is 19.6 Å². The van der Waals surface area contributed by atoms with E-state index in [-0.39, 0.29) is 0 Å². The molecule has 110 valence electrons. The van der Waals surface area contributed by atoms with Crippen molar-refractivity contribution in [2.45, 2.75) is 12.2 Å². The zero-order valence-corrected chi connectivity index (χ0v) is 11.9. The van der Waals surface area contributed by atoms with E-state index in [1.807, 2.05) is 0 Å². The first kappa shape index (κ1) is 16.1. The largest absolute Gasteiger partial charge is 0.480 e. The van der Waals surface area contributed by atoms with Gasteiger partial charge in [0.05, 0.1) is 6.54 Å². The van der Waals surface area contributed by atoms with Gasteiger partial charge in [-0.2, -0.15) is 4.31 Å². The summed E-state index contributed by atoms with van der Waals surface area (Å²) in [5.74, 6) is -2.00. The van der Waals surface area contributed by atoms with E-state index in [4.69, 9.17) is 5.11 Å². The number of carbonyl (C=O) groups is 2. The van der Waals surface area contributed by atoms with Crippen LogP contribution in [0, 0.1) is 0 Å². The highest BCUT2D eigenvalue weighted by molar-refractivity contribution is 7.90. The molecule has 0 spiro atoms. The Labute approximate surface area is 117 Å². The zero-order valence-electron chi connectivity index (χ0n) is 11.1. The van der Waals surface area contributed by atoms with Crippen LogP contribution < -0.4 is 5.32 Å². The normalized spacial score (nSPS) is 12.9. The quantitative estimate of drug-likeness (QED) is 0.789. The number of aliphatic carboxylic acids is 1. The van der Waals surface area contributed by atoms with Crippen molar-refractivity contribution >= 4 is 27.6 Å². The second-order valence-electron chi connectivity index (χ2n) is 4.20. The van der Waals surface area contributed by atoms with Gasteiger partial charge in [-0.1, -0.05) is 18.2 Å². The van der Waals surface area contributed by atoms with Gasteiger partial charge < -0.3 is 10.4 Å². The van der Waals surface area contributed by atoms with Crippen molar-refractivity contribution in [2.24, 2.45) is 0 Å². The second-order valence-corrected chi connectivity index (χ2v) is 6.56. The molecule has 1 aromatic carbocycles. The van der Waals surface area contributed by atoms with E-state index in [0.29, 0.717) is 5.69 Å². The third-order valence-corrected chi connectivity index (χ3v) is 4.75. The number of sulfonamides is 1. The molecule has 0 saturated carbocycles. The van der Waals surface area contributed by atoms with Gasteiger partial charge in [0.1, 0.15) is 0 Å². The predicted molar refractivity (Wildman–Crippen MR) is 73.7 cm³/mol. The molecule has 0 aliphatic carbocycles. The van der Waals surface area contributed by atoms with E-state index in [1.54, 1.807) is 30.3 Å². The van der Waals surface area contributed by atoms with E-state index >= 15 is 0 Å². The summed E-state index contributed by atoms with van der Waals surface area (Å²) in [4.78, 5) is 22.4. The highest BCUT2D eigenvalue weighted by atomic mass is 32.2. The number of likely N-dealkylation sites (N-methyl/N-ethyl adjacent to an activating group) is 1. The van der Waals surface area contributed by atoms with E-state index in [1.165, 1.54) is 7.05 Å². The molecule has 0 radical (unpaired) electrons. The molecular formula is C12H16N2O5S. The highest BCUT2D eigenvalue weighted by Gasteiger charge is 2.32. The molecule has 0 saturated heterocycles. The fourth-order valence-electron chi connectivity index (χ4n) is 1.41. The standard InChI is InChI=1S/C12H16N2O5S/c1-9(12(16)17)20(18,19)14(2)8-11(15)13-10-6-4-3-5-7-10/h3-7,9H,8H2,1-2H3,(H,13,15)(H,16,17). The minimum atomic E-state index is -4.05. The Hall–Kier alpha value is -1.93. The minimum absolute atomic E-state index is 0.450. The number of amides is 1. The summed E-state index contributed by atoms with van der Waals surface area (Å²) in [5.41, 5.74) is 0.537. The number of rotatable bonds is 6. The van der Waals surface area contributed by atoms with Crippen molar-refractivity contribution in [3.63, 3.8) is 0 Å². The average Bonchev–Trinajstić information content (AvgIpc) is 2.38. The molecule has 8 heteroatoms. The van der Waals surface area contributed by atoms with Crippen LogP contribution in [0.4, 0.5) is 5.69 Å². The molecule has 1 unspecified atom stereocenters. The first-order valence-corrected chi connectivity index (χ1v) is 7.28. The summed E-state index contributed by atoms with van der Waals surface area (Å²) in [5, 5.41) is 9.65. The van der Waals surface area contributed by atoms with Crippen LogP contribution >= 0.6 is 0 Å². The Kier molecular flexibility index (Phi) is 5.23. The van der Waals surface area contributed by atoms with Crippen LogP contribution in [0.1, 0.15) is 6.92 Å². The van der Waals surface area contributed by atoms with Crippen molar-refractivity contribution < 1.29 is 23.1 Å². The van der Waals surface area contributed by atoms with Gasteiger partial charge >= 0.3 is 5.97 Å². The van der Waals surface area contributed by atoms with Crippen LogP contribution in [0.5, 0.6) is 0 Å². The van der Waals surface area contributed by atoms with Crippen LogP contribution in [0.3, 0.4) is 0 Å². The van der Waals surface area contributed by atoms with E-state index < -0.39 is 33.7 Å². The summed E-state index contributed by atoms with van der Waals surface area (Å²) < 4.78 is 24.4. The zero-order chi connectivity index (χ0) is 15.3. The first-order valence-electron chi connectivity index (χ1n) is 5.78. The smallest absolute Gasteiger partial charge is 0.323 e. The van der Waals surface area contributed by atoms with Gasteiger partial charge in [-0.15, -0.1) is 0 Å². The van der Waals surface area contributed by atoms with Crippen molar-refractivity contribution in [3.05, 3.63) is 30.3 Å². The number of anilines is 1. The van der Waals surface area contributed by atoms with Gasteiger partial charge in [-0.05, 0) is 19.1 Å². The summed E-state index contributed by atoms with van der Waals surface area (Å²) in [6.07, 6.45) is 0. The topological polar surface area (TPSA) is 104 Å². The Bertz CT molecular complexity index is 585. The SMILES string of the molecule is CC(C(=O)O)S(=O)(=O)N(C)CC(=O)Nc1ccccc1. The number of hydrogen-bond acceptors (Lipinski definition) is 4. The first-order chi connectivity index (χ1) is 9.25. The number of nitrogens with zero attached hydrogens (tertiary/aromatic N) is 1. The molecule has 0 heterocycles. The molecule has 0 aliphatic rings. The third-order valence-electron chi connectivity index (χ3n) is 2.65. The number of hydrogen-bond donors (Lipinski definition) is 2. The Morgan fingerprint density at radius 1 is 1.30 bits per heavy atom. The molecule has 20 heavy (non-hydrogen) atoms. The molecule has 2 N–H and O–H groups in total. The molecular weight excluding hydrogens is 284 g/mol. The Balaban J connectivity index is 2.69. The van der Waals surface area contributed by atoms with Crippen LogP contribution in [0.2, 0.25) is 0 Å². The number of carbonyl (C=O) groups excluding carboxylic acids is 1. The van der Waals surface area contributed by atoms with E-state index in [0.717, 1.165) is 11.2 Å². The fourth-order valence-corrected chi connectivity index (χ4v) is 2.50. The highest BCUT2D eigenvalue weighted by Crippen LogP contribution is 2.09. The van der Waals surface area contributed by atoms with E-state index in [9.17, 15) is 18.0 Å². The van der Waals surface area contributed by atoms with Gasteiger partial charge in [0.25, 0.3) is 0 Å². The lowest BCUT2D eigenvalue weighted by atomic mass is 10.3. The maximum atomic E-state index is 11.8. The summed E-state index contributed by atoms with van der Waals surface area (Å²) in [7, 11) is -2.89. The molecule has 1 atom stereocenters. The predicted octanol–water partition coefficient (Wildman–Crippen LogP) is 0.360. The lowest BCUT2D eigenvalue weighted by Gasteiger charge is -2.19. The molecule has 1 rings (SSSR count). The Morgan fingerprint density at radius 2 is 1.85 bits per heavy atom. The Morgan fingerprint density at radius 3 is 2.35 bits per heavy atom. The number of carboxylic acid groups (broad SMARTS) is 1. The average molecular weight is 300 g/mol. The van der Waals surface area contributed by atoms with E-state index in [2.05, 4.69) is 5.32 Å².